The first-order chi connectivity index (χ1) is 22.9. The van der Waals surface area contributed by atoms with Gasteiger partial charge in [0.25, 0.3) is 0 Å². The van der Waals surface area contributed by atoms with Crippen LogP contribution in [-0.2, 0) is 11.3 Å². The minimum Gasteiger partial charge on any atom is -0.491 e. The number of anilines is 2. The maximum absolute atomic E-state index is 15.2. The van der Waals surface area contributed by atoms with Crippen molar-refractivity contribution in [1.82, 2.24) is 29.6 Å². The van der Waals surface area contributed by atoms with Gasteiger partial charge in [-0.2, -0.15) is 5.10 Å². The molecule has 0 unspecified atom stereocenters. The van der Waals surface area contributed by atoms with Crippen LogP contribution in [0.15, 0.2) is 60.8 Å². The van der Waals surface area contributed by atoms with E-state index in [4.69, 9.17) is 19.6 Å². The van der Waals surface area contributed by atoms with Crippen LogP contribution in [0.3, 0.4) is 0 Å². The van der Waals surface area contributed by atoms with Crippen molar-refractivity contribution in [3.8, 4) is 17.1 Å². The second-order valence-corrected chi connectivity index (χ2v) is 12.5. The Morgan fingerprint density at radius 2 is 1.72 bits per heavy atom. The van der Waals surface area contributed by atoms with Gasteiger partial charge in [0.2, 0.25) is 0 Å². The lowest BCUT2D eigenvalue weighted by atomic mass is 9.89. The zero-order chi connectivity index (χ0) is 32.3. The van der Waals surface area contributed by atoms with Crippen molar-refractivity contribution in [1.29, 1.82) is 0 Å². The Balaban J connectivity index is 1.21. The number of piperidine rings is 1. The molecule has 1 aliphatic heterocycles. The van der Waals surface area contributed by atoms with E-state index in [1.807, 2.05) is 43.3 Å². The Morgan fingerprint density at radius 1 is 0.936 bits per heavy atom. The first-order valence-electron chi connectivity index (χ1n) is 16.3. The van der Waals surface area contributed by atoms with Crippen molar-refractivity contribution in [3.63, 3.8) is 0 Å². The molecule has 0 amide bonds. The molecule has 0 bridgehead atoms. The number of halogens is 2. The number of fused-ring (bicyclic) bond motifs is 1. The van der Waals surface area contributed by atoms with Gasteiger partial charge in [-0.05, 0) is 81.3 Å². The lowest BCUT2D eigenvalue weighted by molar-refractivity contribution is 0.146. The lowest BCUT2D eigenvalue weighted by Gasteiger charge is -2.32. The highest BCUT2D eigenvalue weighted by atomic mass is 19.1. The molecule has 3 aromatic heterocycles. The van der Waals surface area contributed by atoms with Crippen LogP contribution in [0.1, 0.15) is 48.6 Å². The smallest absolute Gasteiger partial charge is 0.135 e. The fraction of sp³-hybridized carbons (Fsp3) is 0.389. The van der Waals surface area contributed by atoms with E-state index in [2.05, 4.69) is 26.3 Å². The predicted octanol–water partition coefficient (Wildman–Crippen LogP) is 6.88. The third kappa shape index (κ3) is 7.11. The van der Waals surface area contributed by atoms with E-state index in [0.29, 0.717) is 35.6 Å². The van der Waals surface area contributed by atoms with E-state index in [1.54, 1.807) is 10.9 Å². The van der Waals surface area contributed by atoms with Gasteiger partial charge in [-0.3, -0.25) is 4.68 Å². The summed E-state index contributed by atoms with van der Waals surface area (Å²) in [6, 6.07) is 16.1. The van der Waals surface area contributed by atoms with Gasteiger partial charge in [0.05, 0.1) is 24.4 Å². The standard InChI is InChI=1S/C36H39F2N7O2/c1-23-39-14-11-34(40-23)42-36-27(25-12-15-44(16-13-25)21-24-7-8-24)9-10-32(41-36)35-28-5-3-4-6-33(28)45(43-35)22-29-30(37)19-26(20-31(29)38)47-18-17-46-2/h3-6,9-11,14,19-20,24-25H,7-8,12-13,15-18,21-22H2,1-2H3,(H,39,40,41,42). The molecule has 5 aromatic rings. The molecule has 0 spiro atoms. The molecule has 244 valence electrons. The van der Waals surface area contributed by atoms with Crippen LogP contribution in [0.5, 0.6) is 5.75 Å². The van der Waals surface area contributed by atoms with E-state index in [0.717, 1.165) is 54.1 Å². The van der Waals surface area contributed by atoms with Crippen molar-refractivity contribution in [2.24, 2.45) is 5.92 Å². The molecule has 2 fully saturated rings. The van der Waals surface area contributed by atoms with Crippen LogP contribution in [0.4, 0.5) is 20.4 Å². The molecule has 47 heavy (non-hydrogen) atoms. The monoisotopic (exact) mass is 639 g/mol. The minimum absolute atomic E-state index is 0.0956. The number of hydrogen-bond acceptors (Lipinski definition) is 8. The number of rotatable bonds is 12. The number of hydrogen-bond donors (Lipinski definition) is 1. The van der Waals surface area contributed by atoms with Crippen LogP contribution in [0.2, 0.25) is 0 Å². The first-order valence-corrected chi connectivity index (χ1v) is 16.3. The summed E-state index contributed by atoms with van der Waals surface area (Å²) < 4.78 is 42.4. The molecule has 1 N–H and O–H groups in total. The topological polar surface area (TPSA) is 90.2 Å². The Hall–Kier alpha value is -4.48. The van der Waals surface area contributed by atoms with Gasteiger partial charge < -0.3 is 19.7 Å². The SMILES string of the molecule is COCCOc1cc(F)c(Cn2nc(-c3ccc(C4CCN(CC5CC5)CC4)c(Nc4ccnc(C)n4)n3)c3ccccc32)c(F)c1. The summed E-state index contributed by atoms with van der Waals surface area (Å²) in [6.07, 6.45) is 6.59. The van der Waals surface area contributed by atoms with Gasteiger partial charge in [-0.15, -0.1) is 0 Å². The van der Waals surface area contributed by atoms with E-state index in [-0.39, 0.29) is 24.5 Å². The first kappa shape index (κ1) is 31.1. The molecular weight excluding hydrogens is 600 g/mol. The second-order valence-electron chi connectivity index (χ2n) is 12.5. The zero-order valence-electron chi connectivity index (χ0n) is 26.8. The molecule has 0 atom stereocenters. The average molecular weight is 640 g/mol. The Bertz CT molecular complexity index is 1840. The molecule has 1 saturated carbocycles. The number of nitrogens with one attached hydrogen (secondary N) is 1. The van der Waals surface area contributed by atoms with E-state index >= 15 is 8.78 Å². The van der Waals surface area contributed by atoms with Crippen LogP contribution >= 0.6 is 0 Å². The summed E-state index contributed by atoms with van der Waals surface area (Å²) in [5, 5.41) is 9.20. The molecular formula is C36H39F2N7O2. The van der Waals surface area contributed by atoms with Crippen molar-refractivity contribution < 1.29 is 18.3 Å². The maximum Gasteiger partial charge on any atom is 0.135 e. The van der Waals surface area contributed by atoms with Crippen LogP contribution in [0, 0.1) is 24.5 Å². The number of aromatic nitrogens is 5. The van der Waals surface area contributed by atoms with Gasteiger partial charge in [-0.1, -0.05) is 24.3 Å². The minimum atomic E-state index is -0.698. The Kier molecular flexibility index (Phi) is 9.08. The number of methoxy groups -OCH3 is 1. The molecule has 2 aromatic carbocycles. The Morgan fingerprint density at radius 3 is 2.47 bits per heavy atom. The lowest BCUT2D eigenvalue weighted by Crippen LogP contribution is -2.34. The number of aryl methyl sites for hydroxylation is 1. The van der Waals surface area contributed by atoms with Crippen molar-refractivity contribution in [3.05, 3.63) is 89.4 Å². The third-order valence-corrected chi connectivity index (χ3v) is 9.07. The summed E-state index contributed by atoms with van der Waals surface area (Å²) in [5.74, 6) is 2.04. The largest absolute Gasteiger partial charge is 0.491 e. The maximum atomic E-state index is 15.2. The summed E-state index contributed by atoms with van der Waals surface area (Å²) in [7, 11) is 1.54. The van der Waals surface area contributed by atoms with Gasteiger partial charge in [0.15, 0.2) is 0 Å². The predicted molar refractivity (Wildman–Crippen MR) is 177 cm³/mol. The van der Waals surface area contributed by atoms with Gasteiger partial charge in [0.1, 0.15) is 47.1 Å². The quantitative estimate of drug-likeness (QED) is 0.148. The fourth-order valence-corrected chi connectivity index (χ4v) is 6.41. The average Bonchev–Trinajstić information content (AvgIpc) is 3.81. The summed E-state index contributed by atoms with van der Waals surface area (Å²) >= 11 is 0. The van der Waals surface area contributed by atoms with E-state index in [9.17, 15) is 0 Å². The number of para-hydroxylation sites is 1. The van der Waals surface area contributed by atoms with Crippen LogP contribution in [0.25, 0.3) is 22.3 Å². The summed E-state index contributed by atoms with van der Waals surface area (Å²) in [5.41, 5.74) is 3.09. The van der Waals surface area contributed by atoms with Gasteiger partial charge >= 0.3 is 0 Å². The zero-order valence-corrected chi connectivity index (χ0v) is 26.8. The van der Waals surface area contributed by atoms with Crippen molar-refractivity contribution >= 4 is 22.5 Å². The van der Waals surface area contributed by atoms with Crippen molar-refractivity contribution in [2.75, 3.05) is 45.3 Å². The van der Waals surface area contributed by atoms with E-state index < -0.39 is 11.6 Å². The molecule has 2 aliphatic rings. The summed E-state index contributed by atoms with van der Waals surface area (Å²) in [6.45, 7) is 5.65. The molecule has 1 saturated heterocycles. The number of pyridine rings is 1. The van der Waals surface area contributed by atoms with Crippen LogP contribution < -0.4 is 10.1 Å². The number of likely N-dealkylation sites (tertiary alicyclic amines) is 1. The second kappa shape index (κ2) is 13.7. The Labute approximate surface area is 273 Å². The highest BCUT2D eigenvalue weighted by Gasteiger charge is 2.29. The van der Waals surface area contributed by atoms with Gasteiger partial charge in [-0.25, -0.2) is 23.7 Å². The number of nitrogens with zero attached hydrogens (tertiary/aromatic N) is 6. The highest BCUT2D eigenvalue weighted by Crippen LogP contribution is 2.38. The number of benzene rings is 2. The molecule has 11 heteroatoms. The van der Waals surface area contributed by atoms with Gasteiger partial charge in [0, 0.05) is 42.9 Å². The molecule has 9 nitrogen and oxygen atoms in total. The molecule has 4 heterocycles. The third-order valence-electron chi connectivity index (χ3n) is 9.07. The number of ether oxygens (including phenoxy) is 2. The molecule has 1 aliphatic carbocycles. The fourth-order valence-electron chi connectivity index (χ4n) is 6.41. The van der Waals surface area contributed by atoms with E-state index in [1.165, 1.54) is 38.6 Å². The van der Waals surface area contributed by atoms with Crippen molar-refractivity contribution in [2.45, 2.75) is 45.1 Å². The molecule has 7 rings (SSSR count). The summed E-state index contributed by atoms with van der Waals surface area (Å²) in [4.78, 5) is 16.6. The van der Waals surface area contributed by atoms with Crippen LogP contribution in [-0.4, -0.2) is 69.6 Å². The highest BCUT2D eigenvalue weighted by molar-refractivity contribution is 5.92. The normalized spacial score (nSPS) is 15.7. The molecule has 0 radical (unpaired) electrons.